The second-order valence-corrected chi connectivity index (χ2v) is 19.3. The Hall–Kier alpha value is -2.96. The first-order chi connectivity index (χ1) is 24.2. The van der Waals surface area contributed by atoms with Crippen LogP contribution < -0.4 is 0 Å². The summed E-state index contributed by atoms with van der Waals surface area (Å²) in [5, 5.41) is 4.35. The highest BCUT2D eigenvalue weighted by molar-refractivity contribution is 5.84. The number of carbonyl (C=O) groups is 2. The van der Waals surface area contributed by atoms with Gasteiger partial charge in [-0.15, -0.1) is 0 Å². The Balaban J connectivity index is 1.11. The maximum atomic E-state index is 15.4. The van der Waals surface area contributed by atoms with E-state index in [0.717, 1.165) is 63.5 Å². The van der Waals surface area contributed by atoms with E-state index in [-0.39, 0.29) is 45.2 Å². The number of likely N-dealkylation sites (tertiary alicyclic amines) is 1. The van der Waals surface area contributed by atoms with Gasteiger partial charge in [0.15, 0.2) is 0 Å². The van der Waals surface area contributed by atoms with Crippen molar-refractivity contribution in [1.82, 2.24) is 15.0 Å². The molecule has 1 aliphatic heterocycles. The summed E-state index contributed by atoms with van der Waals surface area (Å²) in [6.45, 7) is 21.8. The van der Waals surface area contributed by atoms with Gasteiger partial charge in [0.25, 0.3) is 0 Å². The minimum absolute atomic E-state index is 0.00743. The molecule has 6 aliphatic rings. The smallest absolute Gasteiger partial charge is 0.302 e. The van der Waals surface area contributed by atoms with Crippen molar-refractivity contribution in [3.05, 3.63) is 48.4 Å². The lowest BCUT2D eigenvalue weighted by molar-refractivity contribution is -0.249. The molecular formula is C44H61N3O4. The first-order valence-electron chi connectivity index (χ1n) is 20.2. The monoisotopic (exact) mass is 695 g/mol. The fourth-order valence-corrected chi connectivity index (χ4v) is 14.5. The molecule has 1 aromatic heterocycles. The highest BCUT2D eigenvalue weighted by atomic mass is 16.5. The van der Waals surface area contributed by atoms with Crippen LogP contribution in [0.5, 0.6) is 0 Å². The molecule has 51 heavy (non-hydrogen) atoms. The maximum absolute atomic E-state index is 15.4. The number of aromatic nitrogens is 2. The Morgan fingerprint density at radius 2 is 1.63 bits per heavy atom. The highest BCUT2D eigenvalue weighted by Crippen LogP contribution is 2.78. The molecule has 1 amide bonds. The highest BCUT2D eigenvalue weighted by Gasteiger charge is 2.72. The first-order valence-corrected chi connectivity index (χ1v) is 20.2. The van der Waals surface area contributed by atoms with Crippen molar-refractivity contribution in [2.75, 3.05) is 6.54 Å². The molecule has 6 fully saturated rings. The van der Waals surface area contributed by atoms with E-state index in [1.54, 1.807) is 6.92 Å². The van der Waals surface area contributed by atoms with Crippen LogP contribution in [0.25, 0.3) is 11.4 Å². The molecule has 5 saturated carbocycles. The zero-order valence-corrected chi connectivity index (χ0v) is 32.3. The van der Waals surface area contributed by atoms with E-state index in [1.807, 2.05) is 30.3 Å². The molecule has 7 heteroatoms. The summed E-state index contributed by atoms with van der Waals surface area (Å²) in [4.78, 5) is 34.5. The van der Waals surface area contributed by atoms with Crippen molar-refractivity contribution in [2.24, 2.45) is 56.7 Å². The number of carbonyl (C=O) groups excluding carboxylic acids is 2. The van der Waals surface area contributed by atoms with E-state index >= 15 is 4.79 Å². The molecule has 0 radical (unpaired) electrons. The zero-order valence-electron chi connectivity index (χ0n) is 32.3. The minimum Gasteiger partial charge on any atom is -0.462 e. The molecule has 2 unspecified atom stereocenters. The topological polar surface area (TPSA) is 85.5 Å². The number of fused-ring (bicyclic) bond motifs is 7. The summed E-state index contributed by atoms with van der Waals surface area (Å²) in [6, 6.07) is 9.81. The van der Waals surface area contributed by atoms with Gasteiger partial charge in [-0.25, -0.2) is 0 Å². The third kappa shape index (κ3) is 4.94. The van der Waals surface area contributed by atoms with Crippen molar-refractivity contribution in [2.45, 2.75) is 138 Å². The van der Waals surface area contributed by atoms with Crippen molar-refractivity contribution in [3.63, 3.8) is 0 Å². The van der Waals surface area contributed by atoms with E-state index in [1.165, 1.54) is 31.3 Å². The summed E-state index contributed by atoms with van der Waals surface area (Å²) < 4.78 is 11.9. The summed E-state index contributed by atoms with van der Waals surface area (Å²) >= 11 is 0. The Labute approximate surface area is 305 Å². The van der Waals surface area contributed by atoms with Crippen LogP contribution >= 0.6 is 0 Å². The van der Waals surface area contributed by atoms with E-state index < -0.39 is 0 Å². The van der Waals surface area contributed by atoms with Gasteiger partial charge < -0.3 is 14.2 Å². The molecule has 2 heterocycles. The van der Waals surface area contributed by atoms with Crippen molar-refractivity contribution in [3.8, 4) is 11.4 Å². The van der Waals surface area contributed by atoms with Crippen molar-refractivity contribution in [1.29, 1.82) is 0 Å². The molecule has 5 aliphatic carbocycles. The first kappa shape index (κ1) is 35.1. The number of hydrogen-bond donors (Lipinski definition) is 0. The predicted octanol–water partition coefficient (Wildman–Crippen LogP) is 9.99. The van der Waals surface area contributed by atoms with Crippen LogP contribution in [0.2, 0.25) is 0 Å². The normalized spacial score (nSPS) is 42.6. The van der Waals surface area contributed by atoms with Crippen LogP contribution in [-0.2, 0) is 14.3 Å². The maximum Gasteiger partial charge on any atom is 0.302 e. The van der Waals surface area contributed by atoms with Gasteiger partial charge in [0, 0.05) is 24.4 Å². The van der Waals surface area contributed by atoms with Crippen molar-refractivity contribution >= 4 is 11.9 Å². The Morgan fingerprint density at radius 1 is 0.863 bits per heavy atom. The average molecular weight is 696 g/mol. The fourth-order valence-electron chi connectivity index (χ4n) is 14.5. The third-order valence-corrected chi connectivity index (χ3v) is 17.0. The largest absolute Gasteiger partial charge is 0.462 e. The Bertz CT molecular complexity index is 1700. The quantitative estimate of drug-likeness (QED) is 0.229. The predicted molar refractivity (Wildman–Crippen MR) is 198 cm³/mol. The third-order valence-electron chi connectivity index (χ3n) is 17.0. The van der Waals surface area contributed by atoms with Gasteiger partial charge >= 0.3 is 5.97 Å². The molecule has 0 bridgehead atoms. The average Bonchev–Trinajstić information content (AvgIpc) is 3.85. The standard InChI is InChI=1S/C44H61N3O4/c1-27(2)30-18-23-44(39(49)47-26-12-15-32(47)38-45-37(46-51-38)29-13-10-9-11-14-29)25-24-42(7)31(36(30)44)16-17-34-41(6)21-20-35(50-28(3)48)40(4,5)33(41)19-22-43(34,42)8/h9-11,13-14,30-36H,1,12,15-26H2,2-8H3/t30-,31+,32?,33-,34?,35-,36+,41-,42+,43+,44-/m0/s1. The minimum atomic E-state index is -0.368. The number of rotatable bonds is 5. The number of amides is 1. The fraction of sp³-hybridized carbons (Fsp3) is 0.727. The number of esters is 1. The van der Waals surface area contributed by atoms with E-state index in [2.05, 4.69) is 58.2 Å². The molecule has 8 rings (SSSR count). The number of ether oxygens (including phenoxy) is 1. The summed E-state index contributed by atoms with van der Waals surface area (Å²) in [5.74, 6) is 3.68. The molecule has 0 spiro atoms. The van der Waals surface area contributed by atoms with Gasteiger partial charge in [-0.2, -0.15) is 4.98 Å². The molecule has 276 valence electrons. The Morgan fingerprint density at radius 3 is 2.35 bits per heavy atom. The van der Waals surface area contributed by atoms with Crippen LogP contribution in [-0.4, -0.2) is 39.6 Å². The molecule has 1 saturated heterocycles. The molecule has 11 atom stereocenters. The van der Waals surface area contributed by atoms with Gasteiger partial charge in [-0.3, -0.25) is 9.59 Å². The second-order valence-electron chi connectivity index (χ2n) is 19.3. The number of benzene rings is 1. The van der Waals surface area contributed by atoms with Crippen LogP contribution in [0.3, 0.4) is 0 Å². The number of allylic oxidation sites excluding steroid dienone is 1. The summed E-state index contributed by atoms with van der Waals surface area (Å²) in [6.07, 6.45) is 12.8. The molecule has 0 N–H and O–H groups in total. The van der Waals surface area contributed by atoms with E-state index in [0.29, 0.717) is 47.2 Å². The van der Waals surface area contributed by atoms with Crippen LogP contribution in [0.1, 0.15) is 137 Å². The molecule has 7 nitrogen and oxygen atoms in total. The molecular weight excluding hydrogens is 635 g/mol. The zero-order chi connectivity index (χ0) is 36.1. The van der Waals surface area contributed by atoms with Gasteiger partial charge in [-0.05, 0) is 130 Å². The van der Waals surface area contributed by atoms with Gasteiger partial charge in [-0.1, -0.05) is 82.3 Å². The van der Waals surface area contributed by atoms with Crippen LogP contribution in [0, 0.1) is 56.7 Å². The molecule has 1 aromatic carbocycles. The lowest BCUT2D eigenvalue weighted by atomic mass is 9.32. The SMILES string of the molecule is C=C(C)[C@@H]1CC[C@]2(C(=O)N3CCCC3c3nc(-c4ccccc4)no3)CC[C@]3(C)[C@H](CCC4[C@@]5(C)CC[C@H](OC(C)=O)C(C)(C)[C@@H]5CC[C@]43C)[C@@H]12. The lowest BCUT2D eigenvalue weighted by Crippen LogP contribution is -2.67. The summed E-state index contributed by atoms with van der Waals surface area (Å²) in [7, 11) is 0. The van der Waals surface area contributed by atoms with Crippen LogP contribution in [0.4, 0.5) is 0 Å². The van der Waals surface area contributed by atoms with Crippen LogP contribution in [0.15, 0.2) is 47.0 Å². The van der Waals surface area contributed by atoms with E-state index in [9.17, 15) is 4.79 Å². The Kier molecular flexibility index (Phi) is 8.28. The second kappa shape index (κ2) is 12.0. The molecule has 2 aromatic rings. The van der Waals surface area contributed by atoms with Crippen molar-refractivity contribution < 1.29 is 18.8 Å². The summed E-state index contributed by atoms with van der Waals surface area (Å²) in [5.41, 5.74) is 2.32. The van der Waals surface area contributed by atoms with Gasteiger partial charge in [0.05, 0.1) is 5.41 Å². The number of nitrogens with zero attached hydrogens (tertiary/aromatic N) is 3. The van der Waals surface area contributed by atoms with Gasteiger partial charge in [0.2, 0.25) is 17.6 Å². The van der Waals surface area contributed by atoms with E-state index in [4.69, 9.17) is 14.2 Å². The van der Waals surface area contributed by atoms with Gasteiger partial charge in [0.1, 0.15) is 12.1 Å². The number of hydrogen-bond acceptors (Lipinski definition) is 6. The lowest BCUT2D eigenvalue weighted by Gasteiger charge is -2.73.